The number of benzene rings is 1. The van der Waals surface area contributed by atoms with E-state index in [1.807, 2.05) is 0 Å². The highest BCUT2D eigenvalue weighted by atomic mass is 32.1. The molecule has 2 aromatic heterocycles. The summed E-state index contributed by atoms with van der Waals surface area (Å²) in [5.74, 6) is 0.776. The first-order chi connectivity index (χ1) is 13.5. The van der Waals surface area contributed by atoms with Gasteiger partial charge in [-0.3, -0.25) is 9.69 Å². The van der Waals surface area contributed by atoms with E-state index in [1.165, 1.54) is 16.1 Å². The van der Waals surface area contributed by atoms with E-state index in [1.54, 1.807) is 11.3 Å². The van der Waals surface area contributed by atoms with Gasteiger partial charge in [-0.15, -0.1) is 11.3 Å². The molecule has 1 fully saturated rings. The standard InChI is InChI=1S/C22H28N4OS/c1-5-18-16(4)28-22-20(18)21(27)23-19(24-22)13-25-9-10-26(15(3)12-25)17-8-6-7-14(2)11-17/h6-8,11,15H,5,9-10,12-13H2,1-4H3,(H,23,24,27). The van der Waals surface area contributed by atoms with Crippen LogP contribution in [0.4, 0.5) is 5.69 Å². The highest BCUT2D eigenvalue weighted by Gasteiger charge is 2.25. The number of hydrogen-bond donors (Lipinski definition) is 1. The smallest absolute Gasteiger partial charge is 0.259 e. The van der Waals surface area contributed by atoms with E-state index in [9.17, 15) is 4.79 Å². The molecule has 0 amide bonds. The molecule has 6 heteroatoms. The molecule has 1 aliphatic heterocycles. The Bertz CT molecular complexity index is 1050. The van der Waals surface area contributed by atoms with Gasteiger partial charge in [0.1, 0.15) is 10.7 Å². The molecule has 148 valence electrons. The zero-order valence-corrected chi connectivity index (χ0v) is 17.9. The Kier molecular flexibility index (Phi) is 5.25. The number of hydrogen-bond acceptors (Lipinski definition) is 5. The number of anilines is 1. The molecule has 1 aromatic carbocycles. The number of nitrogens with zero attached hydrogens (tertiary/aromatic N) is 3. The predicted octanol–water partition coefficient (Wildman–Crippen LogP) is 3.87. The van der Waals surface area contributed by atoms with Crippen molar-refractivity contribution >= 4 is 27.2 Å². The molecule has 28 heavy (non-hydrogen) atoms. The molecule has 1 saturated heterocycles. The van der Waals surface area contributed by atoms with Crippen LogP contribution in [0.1, 0.15) is 35.7 Å². The van der Waals surface area contributed by atoms with E-state index in [4.69, 9.17) is 4.98 Å². The van der Waals surface area contributed by atoms with Crippen molar-refractivity contribution < 1.29 is 0 Å². The van der Waals surface area contributed by atoms with E-state index in [0.29, 0.717) is 12.6 Å². The molecule has 4 rings (SSSR count). The minimum absolute atomic E-state index is 0.00708. The van der Waals surface area contributed by atoms with Gasteiger partial charge in [-0.1, -0.05) is 19.1 Å². The molecule has 0 spiro atoms. The normalized spacial score (nSPS) is 18.1. The van der Waals surface area contributed by atoms with E-state index in [2.05, 4.69) is 66.7 Å². The van der Waals surface area contributed by atoms with Crippen LogP contribution >= 0.6 is 11.3 Å². The summed E-state index contributed by atoms with van der Waals surface area (Å²) in [6.45, 7) is 12.2. The Morgan fingerprint density at radius 3 is 2.82 bits per heavy atom. The Hall–Kier alpha value is -2.18. The van der Waals surface area contributed by atoms with Gasteiger partial charge in [-0.05, 0) is 50.5 Å². The lowest BCUT2D eigenvalue weighted by Gasteiger charge is -2.41. The summed E-state index contributed by atoms with van der Waals surface area (Å²) in [5, 5.41) is 0.784. The molecule has 0 saturated carbocycles. The summed E-state index contributed by atoms with van der Waals surface area (Å²) in [4.78, 5) is 27.4. The zero-order valence-electron chi connectivity index (χ0n) is 17.1. The van der Waals surface area contributed by atoms with Crippen molar-refractivity contribution in [2.45, 2.75) is 46.7 Å². The fraction of sp³-hybridized carbons (Fsp3) is 0.455. The van der Waals surface area contributed by atoms with Crippen molar-refractivity contribution in [2.75, 3.05) is 24.5 Å². The van der Waals surface area contributed by atoms with Gasteiger partial charge in [0, 0.05) is 36.2 Å². The van der Waals surface area contributed by atoms with Gasteiger partial charge in [0.2, 0.25) is 0 Å². The lowest BCUT2D eigenvalue weighted by molar-refractivity contribution is 0.216. The lowest BCUT2D eigenvalue weighted by atomic mass is 10.1. The van der Waals surface area contributed by atoms with Crippen molar-refractivity contribution in [3.8, 4) is 0 Å². The zero-order chi connectivity index (χ0) is 19.8. The maximum atomic E-state index is 12.7. The largest absolute Gasteiger partial charge is 0.366 e. The van der Waals surface area contributed by atoms with Crippen molar-refractivity contribution in [2.24, 2.45) is 0 Å². The molecule has 5 nitrogen and oxygen atoms in total. The molecular formula is C22H28N4OS. The van der Waals surface area contributed by atoms with Crippen LogP contribution in [0.3, 0.4) is 0 Å². The van der Waals surface area contributed by atoms with Crippen molar-refractivity contribution in [3.05, 3.63) is 56.4 Å². The van der Waals surface area contributed by atoms with Gasteiger partial charge < -0.3 is 9.88 Å². The third kappa shape index (κ3) is 3.59. The van der Waals surface area contributed by atoms with Crippen molar-refractivity contribution in [1.29, 1.82) is 0 Å². The van der Waals surface area contributed by atoms with E-state index in [-0.39, 0.29) is 5.56 Å². The Morgan fingerprint density at radius 1 is 1.29 bits per heavy atom. The molecule has 3 heterocycles. The summed E-state index contributed by atoms with van der Waals surface area (Å²) in [5.41, 5.74) is 3.73. The van der Waals surface area contributed by atoms with Crippen LogP contribution in [0.2, 0.25) is 0 Å². The molecule has 1 atom stereocenters. The highest BCUT2D eigenvalue weighted by molar-refractivity contribution is 7.18. The van der Waals surface area contributed by atoms with Crippen LogP contribution < -0.4 is 10.5 Å². The average Bonchev–Trinajstić information content (AvgIpc) is 2.97. The third-order valence-corrected chi connectivity index (χ3v) is 6.72. The van der Waals surface area contributed by atoms with Crippen LogP contribution in [0, 0.1) is 13.8 Å². The maximum absolute atomic E-state index is 12.7. The summed E-state index contributed by atoms with van der Waals surface area (Å²) >= 11 is 1.64. The molecule has 3 aromatic rings. The van der Waals surface area contributed by atoms with Gasteiger partial charge >= 0.3 is 0 Å². The van der Waals surface area contributed by atoms with E-state index < -0.39 is 0 Å². The fourth-order valence-corrected chi connectivity index (χ4v) is 5.43. The molecular weight excluding hydrogens is 368 g/mol. The van der Waals surface area contributed by atoms with Crippen LogP contribution in [-0.4, -0.2) is 40.5 Å². The Morgan fingerprint density at radius 2 is 2.11 bits per heavy atom. The van der Waals surface area contributed by atoms with Gasteiger partial charge in [-0.2, -0.15) is 0 Å². The number of fused-ring (bicyclic) bond motifs is 1. The van der Waals surface area contributed by atoms with Crippen LogP contribution in [0.5, 0.6) is 0 Å². The maximum Gasteiger partial charge on any atom is 0.259 e. The summed E-state index contributed by atoms with van der Waals surface area (Å²) in [6.07, 6.45) is 0.869. The number of piperazine rings is 1. The summed E-state index contributed by atoms with van der Waals surface area (Å²) < 4.78 is 0. The fourth-order valence-electron chi connectivity index (χ4n) is 4.30. The summed E-state index contributed by atoms with van der Waals surface area (Å²) in [7, 11) is 0. The van der Waals surface area contributed by atoms with E-state index in [0.717, 1.165) is 47.7 Å². The van der Waals surface area contributed by atoms with Gasteiger partial charge in [0.05, 0.1) is 11.9 Å². The number of aromatic amines is 1. The van der Waals surface area contributed by atoms with Gasteiger partial charge in [0.25, 0.3) is 5.56 Å². The second-order valence-electron chi connectivity index (χ2n) is 7.80. The molecule has 1 unspecified atom stereocenters. The number of rotatable bonds is 4. The predicted molar refractivity (Wildman–Crippen MR) is 118 cm³/mol. The number of H-pyrrole nitrogens is 1. The quantitative estimate of drug-likeness (QED) is 0.727. The van der Waals surface area contributed by atoms with Crippen molar-refractivity contribution in [1.82, 2.24) is 14.9 Å². The average molecular weight is 397 g/mol. The minimum Gasteiger partial charge on any atom is -0.366 e. The van der Waals surface area contributed by atoms with Crippen LogP contribution in [0.15, 0.2) is 29.1 Å². The van der Waals surface area contributed by atoms with Gasteiger partial charge in [0.15, 0.2) is 0 Å². The third-order valence-electron chi connectivity index (χ3n) is 5.68. The SMILES string of the molecule is CCc1c(C)sc2nc(CN3CCN(c4cccc(C)c4)C(C)C3)[nH]c(=O)c12. The van der Waals surface area contributed by atoms with E-state index >= 15 is 0 Å². The summed E-state index contributed by atoms with van der Waals surface area (Å²) in [6, 6.07) is 9.13. The lowest BCUT2D eigenvalue weighted by Crippen LogP contribution is -2.51. The monoisotopic (exact) mass is 396 g/mol. The molecule has 0 bridgehead atoms. The number of nitrogens with one attached hydrogen (secondary N) is 1. The Labute approximate surface area is 170 Å². The number of aromatic nitrogens is 2. The molecule has 0 radical (unpaired) electrons. The Balaban J connectivity index is 1.51. The topological polar surface area (TPSA) is 52.2 Å². The molecule has 1 aliphatic rings. The number of aryl methyl sites for hydroxylation is 3. The molecule has 0 aliphatic carbocycles. The highest BCUT2D eigenvalue weighted by Crippen LogP contribution is 2.27. The van der Waals surface area contributed by atoms with Crippen LogP contribution in [-0.2, 0) is 13.0 Å². The van der Waals surface area contributed by atoms with Gasteiger partial charge in [-0.25, -0.2) is 4.98 Å². The first kappa shape index (κ1) is 19.2. The van der Waals surface area contributed by atoms with Crippen LogP contribution in [0.25, 0.3) is 10.2 Å². The molecule has 1 N–H and O–H groups in total. The second-order valence-corrected chi connectivity index (χ2v) is 9.00. The number of thiophene rings is 1. The first-order valence-electron chi connectivity index (χ1n) is 10.0. The minimum atomic E-state index is 0.00708. The first-order valence-corrected chi connectivity index (χ1v) is 10.8. The van der Waals surface area contributed by atoms with Crippen molar-refractivity contribution in [3.63, 3.8) is 0 Å². The second kappa shape index (κ2) is 7.68.